The molecule has 4 nitrogen and oxygen atoms in total. The lowest BCUT2D eigenvalue weighted by atomic mass is 10.1. The zero-order valence-corrected chi connectivity index (χ0v) is 9.52. The van der Waals surface area contributed by atoms with Crippen molar-refractivity contribution in [2.75, 3.05) is 11.2 Å². The summed E-state index contributed by atoms with van der Waals surface area (Å²) in [5.41, 5.74) is 3.16. The van der Waals surface area contributed by atoms with E-state index in [9.17, 15) is 4.79 Å². The average molecular weight is 242 g/mol. The minimum absolute atomic E-state index is 0.0621. The number of amides is 1. The van der Waals surface area contributed by atoms with E-state index >= 15 is 0 Å². The summed E-state index contributed by atoms with van der Waals surface area (Å²) in [5.74, 6) is -0.298. The van der Waals surface area contributed by atoms with Gasteiger partial charge in [-0.05, 0) is 18.6 Å². The van der Waals surface area contributed by atoms with Gasteiger partial charge in [0, 0.05) is 0 Å². The Balaban J connectivity index is 2.51. The number of halogens is 1. The predicted octanol–water partition coefficient (Wildman–Crippen LogP) is 2.18. The van der Waals surface area contributed by atoms with Gasteiger partial charge in [-0.25, -0.2) is 0 Å². The van der Waals surface area contributed by atoms with Gasteiger partial charge in [-0.1, -0.05) is 6.07 Å². The Hall–Kier alpha value is -1.20. The summed E-state index contributed by atoms with van der Waals surface area (Å²) in [7, 11) is 0. The molecule has 0 bridgehead atoms. The number of carbonyl (C=O) groups excluding carboxylic acids is 1. The van der Waals surface area contributed by atoms with Crippen molar-refractivity contribution < 1.29 is 4.79 Å². The summed E-state index contributed by atoms with van der Waals surface area (Å²) in [4.78, 5) is 11.2. The van der Waals surface area contributed by atoms with Crippen molar-refractivity contribution in [3.05, 3.63) is 17.7 Å². The van der Waals surface area contributed by atoms with Gasteiger partial charge in [-0.3, -0.25) is 4.79 Å². The van der Waals surface area contributed by atoms with E-state index in [-0.39, 0.29) is 11.8 Å². The molecule has 2 rings (SSSR count). The number of hydrogen-bond acceptors (Lipinski definition) is 4. The van der Waals surface area contributed by atoms with Crippen LogP contribution < -0.4 is 5.32 Å². The molecule has 0 saturated carbocycles. The molecule has 78 valence electrons. The summed E-state index contributed by atoms with van der Waals surface area (Å²) in [6.07, 6.45) is 0. The molecule has 2 aromatic rings. The first-order valence-electron chi connectivity index (χ1n) is 4.30. The molecule has 0 aliphatic rings. The van der Waals surface area contributed by atoms with Gasteiger partial charge in [0.05, 0.1) is 17.4 Å². The maximum absolute atomic E-state index is 11.2. The second kappa shape index (κ2) is 4.12. The van der Waals surface area contributed by atoms with Crippen LogP contribution in [0, 0.1) is 6.92 Å². The van der Waals surface area contributed by atoms with Gasteiger partial charge in [0.25, 0.3) is 0 Å². The molecular formula is C9H8ClN3OS. The SMILES string of the molecule is Cc1ccc2nsnc2c1NC(=O)CCl. The van der Waals surface area contributed by atoms with E-state index in [2.05, 4.69) is 14.1 Å². The number of rotatable bonds is 2. The van der Waals surface area contributed by atoms with Crippen LogP contribution in [0.1, 0.15) is 5.56 Å². The van der Waals surface area contributed by atoms with Crippen LogP contribution in [0.5, 0.6) is 0 Å². The van der Waals surface area contributed by atoms with E-state index in [0.717, 1.165) is 28.3 Å². The third-order valence-corrected chi connectivity index (χ3v) is 2.81. The normalized spacial score (nSPS) is 10.5. The van der Waals surface area contributed by atoms with Crippen molar-refractivity contribution in [1.29, 1.82) is 0 Å². The first-order valence-corrected chi connectivity index (χ1v) is 5.56. The Morgan fingerprint density at radius 3 is 3.07 bits per heavy atom. The van der Waals surface area contributed by atoms with Crippen molar-refractivity contribution in [2.24, 2.45) is 0 Å². The number of benzene rings is 1. The summed E-state index contributed by atoms with van der Waals surface area (Å²) in [6, 6.07) is 3.78. The largest absolute Gasteiger partial charge is 0.323 e. The second-order valence-corrected chi connectivity index (χ2v) is 3.87. The molecule has 1 aromatic heterocycles. The lowest BCUT2D eigenvalue weighted by Gasteiger charge is -2.06. The smallest absolute Gasteiger partial charge is 0.239 e. The van der Waals surface area contributed by atoms with Gasteiger partial charge in [-0.15, -0.1) is 11.6 Å². The molecule has 0 fully saturated rings. The molecule has 0 aliphatic heterocycles. The molecule has 1 amide bonds. The lowest BCUT2D eigenvalue weighted by molar-refractivity contribution is -0.113. The number of alkyl halides is 1. The first-order chi connectivity index (χ1) is 7.22. The maximum atomic E-state index is 11.2. The van der Waals surface area contributed by atoms with Crippen LogP contribution in [-0.2, 0) is 4.79 Å². The van der Waals surface area contributed by atoms with E-state index in [1.54, 1.807) is 0 Å². The van der Waals surface area contributed by atoms with Crippen LogP contribution in [-0.4, -0.2) is 20.5 Å². The maximum Gasteiger partial charge on any atom is 0.239 e. The number of nitrogens with zero attached hydrogens (tertiary/aromatic N) is 2. The van der Waals surface area contributed by atoms with Crippen molar-refractivity contribution in [1.82, 2.24) is 8.75 Å². The molecule has 6 heteroatoms. The van der Waals surface area contributed by atoms with Crippen LogP contribution in [0.15, 0.2) is 12.1 Å². The lowest BCUT2D eigenvalue weighted by Crippen LogP contribution is -2.13. The predicted molar refractivity (Wildman–Crippen MR) is 61.5 cm³/mol. The highest BCUT2D eigenvalue weighted by Crippen LogP contribution is 2.25. The summed E-state index contributed by atoms with van der Waals surface area (Å²) >= 11 is 6.56. The fourth-order valence-electron chi connectivity index (χ4n) is 1.28. The van der Waals surface area contributed by atoms with E-state index in [1.165, 1.54) is 0 Å². The summed E-state index contributed by atoms with van der Waals surface area (Å²) < 4.78 is 8.24. The molecule has 0 radical (unpaired) electrons. The van der Waals surface area contributed by atoms with E-state index in [1.807, 2.05) is 19.1 Å². The number of hydrogen-bond donors (Lipinski definition) is 1. The van der Waals surface area contributed by atoms with Gasteiger partial charge in [0.2, 0.25) is 5.91 Å². The third-order valence-electron chi connectivity index (χ3n) is 2.02. The van der Waals surface area contributed by atoms with Crippen molar-refractivity contribution in [3.8, 4) is 0 Å². The number of aromatic nitrogens is 2. The monoisotopic (exact) mass is 241 g/mol. The van der Waals surface area contributed by atoms with Crippen molar-refractivity contribution >= 4 is 46.0 Å². The van der Waals surface area contributed by atoms with E-state index < -0.39 is 0 Å². The molecule has 15 heavy (non-hydrogen) atoms. The van der Waals surface area contributed by atoms with Gasteiger partial charge < -0.3 is 5.32 Å². The fourth-order valence-corrected chi connectivity index (χ4v) is 1.89. The molecule has 0 spiro atoms. The van der Waals surface area contributed by atoms with E-state index in [4.69, 9.17) is 11.6 Å². The fraction of sp³-hybridized carbons (Fsp3) is 0.222. The highest BCUT2D eigenvalue weighted by Gasteiger charge is 2.10. The van der Waals surface area contributed by atoms with Crippen molar-refractivity contribution in [3.63, 3.8) is 0 Å². The third kappa shape index (κ3) is 1.93. The highest BCUT2D eigenvalue weighted by molar-refractivity contribution is 7.00. The molecule has 0 aliphatic carbocycles. The van der Waals surface area contributed by atoms with E-state index in [0.29, 0.717) is 5.69 Å². The van der Waals surface area contributed by atoms with Crippen LogP contribution >= 0.6 is 23.3 Å². The zero-order chi connectivity index (χ0) is 10.8. The Labute approximate surface area is 95.6 Å². The zero-order valence-electron chi connectivity index (χ0n) is 7.95. The number of anilines is 1. The molecule has 0 unspecified atom stereocenters. The number of fused-ring (bicyclic) bond motifs is 1. The Morgan fingerprint density at radius 1 is 1.53 bits per heavy atom. The summed E-state index contributed by atoms with van der Waals surface area (Å²) in [5, 5.41) is 2.72. The minimum atomic E-state index is -0.236. The minimum Gasteiger partial charge on any atom is -0.323 e. The molecular weight excluding hydrogens is 234 g/mol. The number of nitrogens with one attached hydrogen (secondary N) is 1. The van der Waals surface area contributed by atoms with Crippen LogP contribution in [0.2, 0.25) is 0 Å². The van der Waals surface area contributed by atoms with Gasteiger partial charge in [0.1, 0.15) is 16.9 Å². The second-order valence-electron chi connectivity index (χ2n) is 3.07. The standard InChI is InChI=1S/C9H8ClN3OS/c1-5-2-3-6-9(13-15-12-6)8(5)11-7(14)4-10/h2-3H,4H2,1H3,(H,11,14). The quantitative estimate of drug-likeness (QED) is 0.820. The molecule has 1 heterocycles. The van der Waals surface area contributed by atoms with Gasteiger partial charge in [-0.2, -0.15) is 8.75 Å². The highest BCUT2D eigenvalue weighted by atomic mass is 35.5. The van der Waals surface area contributed by atoms with Gasteiger partial charge >= 0.3 is 0 Å². The number of carbonyl (C=O) groups is 1. The molecule has 0 atom stereocenters. The summed E-state index contributed by atoms with van der Waals surface area (Å²) in [6.45, 7) is 1.91. The molecule has 1 N–H and O–H groups in total. The van der Waals surface area contributed by atoms with Gasteiger partial charge in [0.15, 0.2) is 0 Å². The first kappa shape index (κ1) is 10.3. The molecule has 1 aromatic carbocycles. The average Bonchev–Trinajstić information content (AvgIpc) is 2.70. The topological polar surface area (TPSA) is 54.9 Å². The van der Waals surface area contributed by atoms with Crippen LogP contribution in [0.4, 0.5) is 5.69 Å². The van der Waals surface area contributed by atoms with Crippen LogP contribution in [0.3, 0.4) is 0 Å². The Kier molecular flexibility index (Phi) is 2.83. The Morgan fingerprint density at radius 2 is 2.33 bits per heavy atom. The molecule has 0 saturated heterocycles. The number of aryl methyl sites for hydroxylation is 1. The van der Waals surface area contributed by atoms with Crippen molar-refractivity contribution in [2.45, 2.75) is 6.92 Å². The van der Waals surface area contributed by atoms with Crippen LogP contribution in [0.25, 0.3) is 11.0 Å². The Bertz CT molecular complexity index is 511.